The second kappa shape index (κ2) is 9.96. The maximum absolute atomic E-state index is 12.6. The van der Waals surface area contributed by atoms with Crippen LogP contribution in [0.25, 0.3) is 0 Å². The topological polar surface area (TPSA) is 140 Å². The summed E-state index contributed by atoms with van der Waals surface area (Å²) in [6, 6.07) is 1.94. The molecule has 10 nitrogen and oxygen atoms in total. The predicted octanol–water partition coefficient (Wildman–Crippen LogP) is 1.32. The Morgan fingerprint density at radius 2 is 1.71 bits per heavy atom. The van der Waals surface area contributed by atoms with Crippen LogP contribution in [0.15, 0.2) is 23.1 Å². The van der Waals surface area contributed by atoms with Gasteiger partial charge in [-0.3, -0.25) is 10.1 Å². The van der Waals surface area contributed by atoms with E-state index in [4.69, 9.17) is 4.74 Å². The van der Waals surface area contributed by atoms with E-state index in [9.17, 15) is 36.0 Å². The Morgan fingerprint density at radius 1 is 1.10 bits per heavy atom. The molecule has 14 heteroatoms. The molecule has 0 aromatic heterocycles. The van der Waals surface area contributed by atoms with Gasteiger partial charge in [0, 0.05) is 5.54 Å². The van der Waals surface area contributed by atoms with E-state index in [1.807, 2.05) is 0 Å². The number of benzene rings is 1. The molecule has 3 amide bonds. The van der Waals surface area contributed by atoms with Gasteiger partial charge in [-0.1, -0.05) is 0 Å². The van der Waals surface area contributed by atoms with Gasteiger partial charge >= 0.3 is 18.2 Å². The molecule has 174 valence electrons. The van der Waals surface area contributed by atoms with E-state index < -0.39 is 52.8 Å². The van der Waals surface area contributed by atoms with Crippen LogP contribution in [0, 0.1) is 0 Å². The highest BCUT2D eigenvalue weighted by Crippen LogP contribution is 2.26. The van der Waals surface area contributed by atoms with Gasteiger partial charge in [0.25, 0.3) is 5.91 Å². The molecule has 0 spiro atoms. The van der Waals surface area contributed by atoms with Crippen LogP contribution in [-0.2, 0) is 19.6 Å². The summed E-state index contributed by atoms with van der Waals surface area (Å²) in [5.41, 5.74) is -1.07. The van der Waals surface area contributed by atoms with Crippen LogP contribution in [0.4, 0.5) is 18.0 Å². The number of hydrogen-bond donors (Lipinski definition) is 3. The van der Waals surface area contributed by atoms with Gasteiger partial charge in [0.15, 0.2) is 6.61 Å². The number of halogens is 3. The number of alkyl halides is 3. The second-order valence-electron chi connectivity index (χ2n) is 7.14. The minimum Gasteiger partial charge on any atom is -0.495 e. The summed E-state index contributed by atoms with van der Waals surface area (Å²) in [5, 5.41) is 2.95. The second-order valence-corrected chi connectivity index (χ2v) is 8.79. The summed E-state index contributed by atoms with van der Waals surface area (Å²) in [6.45, 7) is 2.18. The van der Waals surface area contributed by atoms with Crippen molar-refractivity contribution in [2.45, 2.75) is 37.4 Å². The van der Waals surface area contributed by atoms with E-state index in [1.54, 1.807) is 26.1 Å². The van der Waals surface area contributed by atoms with Crippen LogP contribution in [-0.4, -0.2) is 58.3 Å². The summed E-state index contributed by atoms with van der Waals surface area (Å²) in [5.74, 6) is -2.35. The van der Waals surface area contributed by atoms with E-state index in [2.05, 4.69) is 9.46 Å². The third-order valence-corrected chi connectivity index (χ3v) is 4.95. The van der Waals surface area contributed by atoms with E-state index in [-0.39, 0.29) is 16.2 Å². The fourth-order valence-electron chi connectivity index (χ4n) is 2.07. The number of imide groups is 1. The number of hydrogen-bond acceptors (Lipinski definition) is 7. The Bertz CT molecular complexity index is 941. The first-order chi connectivity index (χ1) is 14.0. The number of carbonyl (C=O) groups is 3. The maximum Gasteiger partial charge on any atom is 0.405 e. The molecule has 0 saturated heterocycles. The minimum atomic E-state index is -4.67. The zero-order valence-corrected chi connectivity index (χ0v) is 17.9. The lowest BCUT2D eigenvalue weighted by Crippen LogP contribution is -2.44. The molecule has 3 N–H and O–H groups in total. The zero-order chi connectivity index (χ0) is 24.0. The molecule has 0 atom stereocenters. The molecule has 0 fully saturated rings. The minimum absolute atomic E-state index is 0.0487. The molecule has 0 aliphatic heterocycles. The van der Waals surface area contributed by atoms with Gasteiger partial charge in [-0.2, -0.15) is 13.2 Å². The molecule has 0 saturated carbocycles. The normalized spacial score (nSPS) is 12.1. The lowest BCUT2D eigenvalue weighted by Gasteiger charge is -2.21. The third kappa shape index (κ3) is 9.21. The SMILES string of the molecule is COc1ccc(C(=O)OCC(=O)NC(=O)NCC(F)(F)F)cc1S(=O)(=O)NC(C)(C)C. The molecule has 1 aromatic carbocycles. The van der Waals surface area contributed by atoms with Crippen LogP contribution in [0.1, 0.15) is 31.1 Å². The highest BCUT2D eigenvalue weighted by atomic mass is 32.2. The third-order valence-electron chi connectivity index (χ3n) is 3.17. The smallest absolute Gasteiger partial charge is 0.405 e. The molecule has 0 heterocycles. The first-order valence-corrected chi connectivity index (χ1v) is 10.1. The highest BCUT2D eigenvalue weighted by Gasteiger charge is 2.28. The van der Waals surface area contributed by atoms with Gasteiger partial charge in [-0.15, -0.1) is 0 Å². The average molecular weight is 469 g/mol. The number of sulfonamides is 1. The monoisotopic (exact) mass is 469 g/mol. The molecular formula is C17H22F3N3O7S. The first kappa shape index (κ1) is 26.2. The molecule has 0 bridgehead atoms. The number of rotatable bonds is 7. The fourth-order valence-corrected chi connectivity index (χ4v) is 3.69. The molecule has 0 aliphatic carbocycles. The van der Waals surface area contributed by atoms with Gasteiger partial charge in [0.2, 0.25) is 10.0 Å². The van der Waals surface area contributed by atoms with Crippen LogP contribution in [0.2, 0.25) is 0 Å². The summed E-state index contributed by atoms with van der Waals surface area (Å²) >= 11 is 0. The molecule has 31 heavy (non-hydrogen) atoms. The Hall–Kier alpha value is -2.87. The lowest BCUT2D eigenvalue weighted by molar-refractivity contribution is -0.125. The van der Waals surface area contributed by atoms with Crippen LogP contribution >= 0.6 is 0 Å². The van der Waals surface area contributed by atoms with E-state index in [0.717, 1.165) is 6.07 Å². The largest absolute Gasteiger partial charge is 0.495 e. The predicted molar refractivity (Wildman–Crippen MR) is 101 cm³/mol. The van der Waals surface area contributed by atoms with Crippen molar-refractivity contribution in [3.05, 3.63) is 23.8 Å². The Kier molecular flexibility index (Phi) is 8.41. The van der Waals surface area contributed by atoms with Crippen LogP contribution < -0.4 is 20.1 Å². The zero-order valence-electron chi connectivity index (χ0n) is 17.0. The Balaban J connectivity index is 2.84. The van der Waals surface area contributed by atoms with Gasteiger partial charge in [-0.25, -0.2) is 22.7 Å². The Morgan fingerprint density at radius 3 is 2.23 bits per heavy atom. The number of ether oxygens (including phenoxy) is 2. The number of methoxy groups -OCH3 is 1. The molecule has 1 rings (SSSR count). The molecule has 0 radical (unpaired) electrons. The van der Waals surface area contributed by atoms with Crippen molar-refractivity contribution in [1.82, 2.24) is 15.4 Å². The summed E-state index contributed by atoms with van der Waals surface area (Å²) < 4.78 is 73.3. The van der Waals surface area contributed by atoms with Crippen molar-refractivity contribution >= 4 is 27.9 Å². The Labute approximate surface area is 176 Å². The van der Waals surface area contributed by atoms with Gasteiger partial charge in [-0.05, 0) is 39.0 Å². The molecule has 1 aromatic rings. The number of nitrogens with one attached hydrogen (secondary N) is 3. The van der Waals surface area contributed by atoms with Crippen molar-refractivity contribution in [3.8, 4) is 5.75 Å². The first-order valence-electron chi connectivity index (χ1n) is 8.57. The highest BCUT2D eigenvalue weighted by molar-refractivity contribution is 7.89. The molecule has 0 unspecified atom stereocenters. The standard InChI is InChI=1S/C17H22F3N3O7S/c1-16(2,3)23-31(27,28)12-7-10(5-6-11(12)29-4)14(25)30-8-13(24)22-15(26)21-9-17(18,19)20/h5-7,23H,8-9H2,1-4H3,(H2,21,22,24,26). The summed E-state index contributed by atoms with van der Waals surface area (Å²) in [4.78, 5) is 34.5. The molecule has 0 aliphatic rings. The molecular weight excluding hydrogens is 447 g/mol. The number of carbonyl (C=O) groups excluding carboxylic acids is 3. The maximum atomic E-state index is 12.6. The van der Waals surface area contributed by atoms with Crippen LogP contribution in [0.3, 0.4) is 0 Å². The van der Waals surface area contributed by atoms with Crippen molar-refractivity contribution in [1.29, 1.82) is 0 Å². The van der Waals surface area contributed by atoms with Gasteiger partial charge in [0.1, 0.15) is 17.2 Å². The van der Waals surface area contributed by atoms with Crippen molar-refractivity contribution in [2.24, 2.45) is 0 Å². The van der Waals surface area contributed by atoms with E-state index >= 15 is 0 Å². The van der Waals surface area contributed by atoms with Crippen molar-refractivity contribution < 1.29 is 45.4 Å². The van der Waals surface area contributed by atoms with Gasteiger partial charge in [0.05, 0.1) is 12.7 Å². The summed E-state index contributed by atoms with van der Waals surface area (Å²) in [7, 11) is -2.86. The number of amides is 3. The van der Waals surface area contributed by atoms with E-state index in [0.29, 0.717) is 0 Å². The van der Waals surface area contributed by atoms with Crippen molar-refractivity contribution in [3.63, 3.8) is 0 Å². The number of esters is 1. The quantitative estimate of drug-likeness (QED) is 0.512. The fraction of sp³-hybridized carbons (Fsp3) is 0.471. The van der Waals surface area contributed by atoms with Gasteiger partial charge < -0.3 is 14.8 Å². The summed E-state index contributed by atoms with van der Waals surface area (Å²) in [6.07, 6.45) is -4.67. The number of urea groups is 1. The van der Waals surface area contributed by atoms with Crippen molar-refractivity contribution in [2.75, 3.05) is 20.3 Å². The average Bonchev–Trinajstić information content (AvgIpc) is 2.61. The lowest BCUT2D eigenvalue weighted by atomic mass is 10.1. The van der Waals surface area contributed by atoms with Crippen LogP contribution in [0.5, 0.6) is 5.75 Å². The van der Waals surface area contributed by atoms with E-state index in [1.165, 1.54) is 24.6 Å².